The molecule has 2 aliphatic carbocycles. The summed E-state index contributed by atoms with van der Waals surface area (Å²) in [5, 5.41) is 0. The Labute approximate surface area is 193 Å². The van der Waals surface area contributed by atoms with E-state index in [0.717, 1.165) is 36.6 Å². The first-order chi connectivity index (χ1) is 15.9. The van der Waals surface area contributed by atoms with E-state index in [-0.39, 0.29) is 25.0 Å². The maximum absolute atomic E-state index is 13.0. The zero-order valence-corrected chi connectivity index (χ0v) is 18.9. The van der Waals surface area contributed by atoms with Crippen LogP contribution < -0.4 is 14.4 Å². The fraction of sp³-hybridized carbons (Fsp3) is 0.538. The first-order valence-electron chi connectivity index (χ1n) is 11.9. The number of hydrogen-bond acceptors (Lipinski definition) is 5. The molecule has 0 bridgehead atoms. The van der Waals surface area contributed by atoms with Gasteiger partial charge >= 0.3 is 0 Å². The quantitative estimate of drug-likeness (QED) is 0.489. The van der Waals surface area contributed by atoms with E-state index in [0.29, 0.717) is 23.9 Å². The highest BCUT2D eigenvalue weighted by molar-refractivity contribution is 5.85. The number of Topliss-reactive ketones (excluding diaryl/α,β-unsaturated/α-hetero) is 1. The topological polar surface area (TPSA) is 51.7 Å². The van der Waals surface area contributed by atoms with E-state index in [4.69, 9.17) is 9.47 Å². The van der Waals surface area contributed by atoms with E-state index in [1.54, 1.807) is 12.3 Å². The molecule has 3 fully saturated rings. The third kappa shape index (κ3) is 5.45. The molecule has 0 spiro atoms. The number of rotatable bonds is 10. The first kappa shape index (κ1) is 22.1. The standard InChI is InChI=1S/C26H30F2N2O3/c1-17(24(31)12-18-2-3-18)19-4-6-21(7-5-19)33-23-10-11-30(15-23)25-9-8-22(14-29-25)32-16-20-13-26(20,27)28/h4-9,14,17-18,20,23H,2-3,10-13,15-16H2,1H3/t17?,20?,23-/m1/s1. The molecule has 33 heavy (non-hydrogen) atoms. The fourth-order valence-electron chi connectivity index (χ4n) is 4.32. The Morgan fingerprint density at radius 2 is 1.88 bits per heavy atom. The van der Waals surface area contributed by atoms with Crippen LogP contribution in [-0.4, -0.2) is 42.5 Å². The van der Waals surface area contributed by atoms with E-state index in [1.165, 1.54) is 12.8 Å². The van der Waals surface area contributed by atoms with Crippen molar-refractivity contribution in [2.75, 3.05) is 24.6 Å². The number of benzene rings is 1. The molecule has 1 saturated heterocycles. The summed E-state index contributed by atoms with van der Waals surface area (Å²) in [4.78, 5) is 18.9. The average molecular weight is 457 g/mol. The van der Waals surface area contributed by atoms with Crippen molar-refractivity contribution in [3.8, 4) is 11.5 Å². The minimum atomic E-state index is -2.57. The number of halogens is 2. The summed E-state index contributed by atoms with van der Waals surface area (Å²) in [6, 6.07) is 11.5. The van der Waals surface area contributed by atoms with Crippen LogP contribution in [0.15, 0.2) is 42.6 Å². The second-order valence-electron chi connectivity index (χ2n) is 9.70. The van der Waals surface area contributed by atoms with Crippen molar-refractivity contribution in [1.29, 1.82) is 0 Å². The lowest BCUT2D eigenvalue weighted by molar-refractivity contribution is -0.120. The van der Waals surface area contributed by atoms with Crippen molar-refractivity contribution < 1.29 is 23.0 Å². The molecule has 1 aromatic carbocycles. The maximum Gasteiger partial charge on any atom is 0.255 e. The third-order valence-corrected chi connectivity index (χ3v) is 6.95. The number of carbonyl (C=O) groups is 1. The lowest BCUT2D eigenvalue weighted by Crippen LogP contribution is -2.25. The molecule has 176 valence electrons. The Hall–Kier alpha value is -2.70. The zero-order valence-electron chi connectivity index (χ0n) is 18.9. The molecule has 2 saturated carbocycles. The van der Waals surface area contributed by atoms with Gasteiger partial charge in [-0.2, -0.15) is 0 Å². The van der Waals surface area contributed by atoms with Gasteiger partial charge in [0.1, 0.15) is 29.2 Å². The Kier molecular flexibility index (Phi) is 5.97. The summed E-state index contributed by atoms with van der Waals surface area (Å²) >= 11 is 0. The second-order valence-corrected chi connectivity index (χ2v) is 9.70. The summed E-state index contributed by atoms with van der Waals surface area (Å²) in [6.07, 6.45) is 5.53. The summed E-state index contributed by atoms with van der Waals surface area (Å²) in [5.41, 5.74) is 1.04. The van der Waals surface area contributed by atoms with Crippen LogP contribution in [-0.2, 0) is 4.79 Å². The van der Waals surface area contributed by atoms with Gasteiger partial charge in [-0.15, -0.1) is 0 Å². The highest BCUT2D eigenvalue weighted by Gasteiger charge is 2.57. The zero-order chi connectivity index (χ0) is 23.0. The van der Waals surface area contributed by atoms with Gasteiger partial charge in [-0.1, -0.05) is 19.1 Å². The number of hydrogen-bond donors (Lipinski definition) is 0. The number of nitrogens with zero attached hydrogens (tertiary/aromatic N) is 2. The largest absolute Gasteiger partial charge is 0.491 e. The van der Waals surface area contributed by atoms with Crippen LogP contribution in [0.3, 0.4) is 0 Å². The molecule has 2 unspecified atom stereocenters. The number of ketones is 1. The van der Waals surface area contributed by atoms with E-state index < -0.39 is 11.8 Å². The minimum Gasteiger partial charge on any atom is -0.491 e. The predicted molar refractivity (Wildman–Crippen MR) is 121 cm³/mol. The van der Waals surface area contributed by atoms with Gasteiger partial charge < -0.3 is 14.4 Å². The normalized spacial score (nSPS) is 24.4. The first-order valence-corrected chi connectivity index (χ1v) is 11.9. The van der Waals surface area contributed by atoms with Crippen molar-refractivity contribution in [2.45, 2.75) is 57.0 Å². The van der Waals surface area contributed by atoms with Crippen molar-refractivity contribution in [3.05, 3.63) is 48.2 Å². The van der Waals surface area contributed by atoms with Crippen LogP contribution in [0.5, 0.6) is 11.5 Å². The number of anilines is 1. The number of pyridine rings is 1. The van der Waals surface area contributed by atoms with E-state index in [1.807, 2.05) is 37.3 Å². The van der Waals surface area contributed by atoms with Crippen LogP contribution in [0.25, 0.3) is 0 Å². The molecular formula is C26H30F2N2O3. The van der Waals surface area contributed by atoms with Gasteiger partial charge in [-0.05, 0) is 48.6 Å². The smallest absolute Gasteiger partial charge is 0.255 e. The van der Waals surface area contributed by atoms with Crippen molar-refractivity contribution >= 4 is 11.6 Å². The molecule has 1 aromatic heterocycles. The lowest BCUT2D eigenvalue weighted by Gasteiger charge is -2.19. The fourth-order valence-corrected chi connectivity index (χ4v) is 4.32. The lowest BCUT2D eigenvalue weighted by atomic mass is 9.93. The Balaban J connectivity index is 1.09. The van der Waals surface area contributed by atoms with E-state index in [9.17, 15) is 13.6 Å². The molecular weight excluding hydrogens is 426 g/mol. The van der Waals surface area contributed by atoms with Crippen molar-refractivity contribution in [3.63, 3.8) is 0 Å². The molecule has 7 heteroatoms. The van der Waals surface area contributed by atoms with Gasteiger partial charge in [0.25, 0.3) is 5.92 Å². The summed E-state index contributed by atoms with van der Waals surface area (Å²) < 4.78 is 37.5. The van der Waals surface area contributed by atoms with Gasteiger partial charge in [0.15, 0.2) is 0 Å². The van der Waals surface area contributed by atoms with Crippen LogP contribution in [0.2, 0.25) is 0 Å². The third-order valence-electron chi connectivity index (χ3n) is 6.95. The molecule has 3 atom stereocenters. The Bertz CT molecular complexity index is 976. The second kappa shape index (κ2) is 8.92. The number of ether oxygens (including phenoxy) is 2. The summed E-state index contributed by atoms with van der Waals surface area (Å²) in [5.74, 6) is -0.226. The van der Waals surface area contributed by atoms with Crippen molar-refractivity contribution in [2.24, 2.45) is 11.8 Å². The van der Waals surface area contributed by atoms with E-state index in [2.05, 4.69) is 9.88 Å². The Morgan fingerprint density at radius 1 is 1.15 bits per heavy atom. The molecule has 0 radical (unpaired) electrons. The minimum absolute atomic E-state index is 0.0277. The molecule has 2 heterocycles. The van der Waals surface area contributed by atoms with Crippen LogP contribution in [0, 0.1) is 11.8 Å². The van der Waals surface area contributed by atoms with Gasteiger partial charge in [-0.25, -0.2) is 13.8 Å². The van der Waals surface area contributed by atoms with Gasteiger partial charge in [0, 0.05) is 31.7 Å². The van der Waals surface area contributed by atoms with Crippen molar-refractivity contribution in [1.82, 2.24) is 4.98 Å². The number of carbonyl (C=O) groups excluding carboxylic acids is 1. The molecule has 0 N–H and O–H groups in total. The molecule has 1 aliphatic heterocycles. The summed E-state index contributed by atoms with van der Waals surface area (Å²) in [7, 11) is 0. The maximum atomic E-state index is 13.0. The highest BCUT2D eigenvalue weighted by Crippen LogP contribution is 2.48. The average Bonchev–Trinajstić information content (AvgIpc) is 3.68. The molecule has 3 aliphatic rings. The SMILES string of the molecule is CC(C(=O)CC1CC1)c1ccc(O[C@@H]2CCN(c3ccc(OCC4CC4(F)F)cn3)C2)cc1. The Morgan fingerprint density at radius 3 is 2.52 bits per heavy atom. The van der Waals surface area contributed by atoms with Gasteiger partial charge in [-0.3, -0.25) is 4.79 Å². The number of aromatic nitrogens is 1. The molecule has 5 rings (SSSR count). The monoisotopic (exact) mass is 456 g/mol. The number of alkyl halides is 2. The molecule has 5 nitrogen and oxygen atoms in total. The van der Waals surface area contributed by atoms with Crippen LogP contribution in [0.4, 0.5) is 14.6 Å². The highest BCUT2D eigenvalue weighted by atomic mass is 19.3. The predicted octanol–water partition coefficient (Wildman–Crippen LogP) is 5.25. The molecule has 0 amide bonds. The van der Waals surface area contributed by atoms with Gasteiger partial charge in [0.2, 0.25) is 0 Å². The van der Waals surface area contributed by atoms with Crippen LogP contribution >= 0.6 is 0 Å². The van der Waals surface area contributed by atoms with Crippen LogP contribution in [0.1, 0.15) is 50.5 Å². The van der Waals surface area contributed by atoms with E-state index >= 15 is 0 Å². The molecule has 2 aromatic rings. The van der Waals surface area contributed by atoms with Gasteiger partial charge in [0.05, 0.1) is 25.3 Å². The summed E-state index contributed by atoms with van der Waals surface area (Å²) in [6.45, 7) is 3.57.